The van der Waals surface area contributed by atoms with Gasteiger partial charge in [0, 0.05) is 27.5 Å². The maximum atomic E-state index is 13.6. The summed E-state index contributed by atoms with van der Waals surface area (Å²) in [7, 11) is 0. The van der Waals surface area contributed by atoms with Crippen molar-refractivity contribution in [1.29, 1.82) is 0 Å². The Bertz CT molecular complexity index is 628. The Morgan fingerprint density at radius 3 is 2.37 bits per heavy atom. The molecule has 0 radical (unpaired) electrons. The van der Waals surface area contributed by atoms with Gasteiger partial charge in [-0.1, -0.05) is 17.8 Å². The molecule has 2 aromatic rings. The average molecular weight is 277 g/mol. The molecule has 0 aliphatic rings. The predicted octanol–water partition coefficient (Wildman–Crippen LogP) is 3.70. The van der Waals surface area contributed by atoms with Crippen LogP contribution in [0.25, 0.3) is 0 Å². The highest BCUT2D eigenvalue weighted by Gasteiger charge is 2.08. The summed E-state index contributed by atoms with van der Waals surface area (Å²) in [6.45, 7) is 0. The summed E-state index contributed by atoms with van der Waals surface area (Å²) in [5.74, 6) is -0.493. The van der Waals surface area contributed by atoms with Crippen molar-refractivity contribution < 1.29 is 14.1 Å². The molecule has 19 heavy (non-hydrogen) atoms. The highest BCUT2D eigenvalue weighted by molar-refractivity contribution is 7.99. The lowest BCUT2D eigenvalue weighted by molar-refractivity contribution is -0.384. The molecule has 0 aliphatic heterocycles. The van der Waals surface area contributed by atoms with Crippen molar-refractivity contribution in [2.24, 2.45) is 0 Å². The van der Waals surface area contributed by atoms with E-state index in [0.29, 0.717) is 16.1 Å². The lowest BCUT2D eigenvalue weighted by Gasteiger charge is -2.03. The number of non-ortho nitro benzene ring substituents is 1. The number of carbonyl (C=O) groups excluding carboxylic acids is 1. The van der Waals surface area contributed by atoms with Gasteiger partial charge in [0.05, 0.1) is 4.92 Å². The lowest BCUT2D eigenvalue weighted by Crippen LogP contribution is -1.88. The summed E-state index contributed by atoms with van der Waals surface area (Å²) >= 11 is 1.14. The van der Waals surface area contributed by atoms with E-state index in [1.807, 2.05) is 0 Å². The van der Waals surface area contributed by atoms with Gasteiger partial charge in [0.15, 0.2) is 0 Å². The molecule has 0 aromatic heterocycles. The molecule has 0 aliphatic carbocycles. The molecule has 4 nitrogen and oxygen atoms in total. The van der Waals surface area contributed by atoms with E-state index in [2.05, 4.69) is 0 Å². The van der Waals surface area contributed by atoms with Gasteiger partial charge >= 0.3 is 0 Å². The third-order valence-corrected chi connectivity index (χ3v) is 3.43. The number of aldehydes is 1. The van der Waals surface area contributed by atoms with Crippen LogP contribution in [0.1, 0.15) is 10.4 Å². The Labute approximate surface area is 112 Å². The zero-order chi connectivity index (χ0) is 13.8. The van der Waals surface area contributed by atoms with E-state index in [1.54, 1.807) is 12.1 Å². The zero-order valence-corrected chi connectivity index (χ0v) is 10.4. The Morgan fingerprint density at radius 2 is 1.84 bits per heavy atom. The van der Waals surface area contributed by atoms with E-state index in [0.717, 1.165) is 17.8 Å². The van der Waals surface area contributed by atoms with Gasteiger partial charge in [-0.25, -0.2) is 4.39 Å². The second-order valence-electron chi connectivity index (χ2n) is 3.66. The van der Waals surface area contributed by atoms with E-state index >= 15 is 0 Å². The summed E-state index contributed by atoms with van der Waals surface area (Å²) in [6, 6.07) is 10.0. The van der Waals surface area contributed by atoms with Crippen LogP contribution in [0, 0.1) is 15.9 Å². The van der Waals surface area contributed by atoms with Gasteiger partial charge in [-0.3, -0.25) is 14.9 Å². The van der Waals surface area contributed by atoms with E-state index in [4.69, 9.17) is 0 Å². The fraction of sp³-hybridized carbons (Fsp3) is 0. The molecular formula is C13H8FNO3S. The second kappa shape index (κ2) is 5.62. The molecule has 0 saturated carbocycles. The van der Waals surface area contributed by atoms with Crippen molar-refractivity contribution in [3.8, 4) is 0 Å². The highest BCUT2D eigenvalue weighted by atomic mass is 32.2. The minimum atomic E-state index is -0.493. The van der Waals surface area contributed by atoms with Gasteiger partial charge < -0.3 is 0 Å². The van der Waals surface area contributed by atoms with Crippen LogP contribution in [0.15, 0.2) is 52.3 Å². The van der Waals surface area contributed by atoms with Gasteiger partial charge in [0.25, 0.3) is 5.69 Å². The third kappa shape index (κ3) is 3.17. The molecule has 0 atom stereocenters. The predicted molar refractivity (Wildman–Crippen MR) is 69.0 cm³/mol. The molecular weight excluding hydrogens is 269 g/mol. The number of hydrogen-bond acceptors (Lipinski definition) is 4. The summed E-state index contributed by atoms with van der Waals surface area (Å²) < 4.78 is 13.6. The Hall–Kier alpha value is -2.21. The molecule has 0 amide bonds. The molecule has 0 spiro atoms. The van der Waals surface area contributed by atoms with E-state index in [-0.39, 0.29) is 11.3 Å². The number of halogens is 1. The number of nitro benzene ring substituents is 1. The first-order valence-electron chi connectivity index (χ1n) is 5.27. The fourth-order valence-electron chi connectivity index (χ4n) is 1.44. The molecule has 6 heteroatoms. The number of hydrogen-bond donors (Lipinski definition) is 0. The maximum absolute atomic E-state index is 13.6. The van der Waals surface area contributed by atoms with E-state index < -0.39 is 10.7 Å². The second-order valence-corrected chi connectivity index (χ2v) is 4.78. The molecule has 96 valence electrons. The number of carbonyl (C=O) groups is 1. The summed E-state index contributed by atoms with van der Waals surface area (Å²) in [5.41, 5.74) is 0.256. The molecule has 0 bridgehead atoms. The lowest BCUT2D eigenvalue weighted by atomic mass is 10.2. The number of nitrogens with zero attached hydrogens (tertiary/aromatic N) is 1. The Kier molecular flexibility index (Phi) is 3.91. The van der Waals surface area contributed by atoms with Gasteiger partial charge in [-0.05, 0) is 24.3 Å². The zero-order valence-electron chi connectivity index (χ0n) is 9.58. The van der Waals surface area contributed by atoms with Crippen LogP contribution in [0.5, 0.6) is 0 Å². The maximum Gasteiger partial charge on any atom is 0.269 e. The average Bonchev–Trinajstić information content (AvgIpc) is 2.41. The largest absolute Gasteiger partial charge is 0.298 e. The van der Waals surface area contributed by atoms with Gasteiger partial charge in [-0.2, -0.15) is 0 Å². The quantitative estimate of drug-likeness (QED) is 0.485. The smallest absolute Gasteiger partial charge is 0.269 e. The molecule has 0 unspecified atom stereocenters. The SMILES string of the molecule is O=Cc1ccc(Sc2ccc([N+](=O)[O-])cc2)c(F)c1. The number of rotatable bonds is 4. The van der Waals surface area contributed by atoms with Crippen LogP contribution in [0.3, 0.4) is 0 Å². The Balaban J connectivity index is 2.21. The Morgan fingerprint density at radius 1 is 1.16 bits per heavy atom. The monoisotopic (exact) mass is 277 g/mol. The number of benzene rings is 2. The van der Waals surface area contributed by atoms with Crippen LogP contribution in [-0.2, 0) is 0 Å². The van der Waals surface area contributed by atoms with Crippen LogP contribution in [-0.4, -0.2) is 11.2 Å². The first kappa shape index (κ1) is 13.2. The molecule has 2 rings (SSSR count). The normalized spacial score (nSPS) is 10.2. The fourth-order valence-corrected chi connectivity index (χ4v) is 2.25. The first-order valence-corrected chi connectivity index (χ1v) is 6.09. The van der Waals surface area contributed by atoms with Crippen LogP contribution in [0.4, 0.5) is 10.1 Å². The van der Waals surface area contributed by atoms with Crippen molar-refractivity contribution in [2.75, 3.05) is 0 Å². The highest BCUT2D eigenvalue weighted by Crippen LogP contribution is 2.31. The summed E-state index contributed by atoms with van der Waals surface area (Å²) in [4.78, 5) is 21.5. The molecule has 0 N–H and O–H groups in total. The number of nitro groups is 1. The first-order chi connectivity index (χ1) is 9.10. The van der Waals surface area contributed by atoms with E-state index in [1.165, 1.54) is 24.3 Å². The summed E-state index contributed by atoms with van der Waals surface area (Å²) in [6.07, 6.45) is 0.573. The minimum Gasteiger partial charge on any atom is -0.298 e. The molecule has 0 heterocycles. The summed E-state index contributed by atoms with van der Waals surface area (Å²) in [5, 5.41) is 10.5. The van der Waals surface area contributed by atoms with Crippen molar-refractivity contribution in [1.82, 2.24) is 0 Å². The topological polar surface area (TPSA) is 60.2 Å². The third-order valence-electron chi connectivity index (χ3n) is 2.37. The molecule has 0 saturated heterocycles. The van der Waals surface area contributed by atoms with Crippen LogP contribution < -0.4 is 0 Å². The van der Waals surface area contributed by atoms with Gasteiger partial charge in [0.2, 0.25) is 0 Å². The van der Waals surface area contributed by atoms with Gasteiger partial charge in [-0.15, -0.1) is 0 Å². The van der Waals surface area contributed by atoms with Crippen LogP contribution in [0.2, 0.25) is 0 Å². The van der Waals surface area contributed by atoms with E-state index in [9.17, 15) is 19.3 Å². The van der Waals surface area contributed by atoms with Crippen molar-refractivity contribution in [2.45, 2.75) is 9.79 Å². The van der Waals surface area contributed by atoms with Gasteiger partial charge in [0.1, 0.15) is 12.1 Å². The molecule has 0 fully saturated rings. The van der Waals surface area contributed by atoms with Crippen molar-refractivity contribution >= 4 is 23.7 Å². The minimum absolute atomic E-state index is 0.0128. The standard InChI is InChI=1S/C13H8FNO3S/c14-12-7-9(8-16)1-6-13(12)19-11-4-2-10(3-5-11)15(17)18/h1-8H. The van der Waals surface area contributed by atoms with Crippen molar-refractivity contribution in [3.63, 3.8) is 0 Å². The molecule has 2 aromatic carbocycles. The van der Waals surface area contributed by atoms with Crippen molar-refractivity contribution in [3.05, 3.63) is 64.0 Å². The van der Waals surface area contributed by atoms with Crippen LogP contribution >= 0.6 is 11.8 Å².